The quantitative estimate of drug-likeness (QED) is 0.619. The van der Waals surface area contributed by atoms with E-state index >= 15 is 0 Å². The van der Waals surface area contributed by atoms with Gasteiger partial charge in [-0.3, -0.25) is 0 Å². The average molecular weight is 272 g/mol. The van der Waals surface area contributed by atoms with Crippen molar-refractivity contribution >= 4 is 0 Å². The summed E-state index contributed by atoms with van der Waals surface area (Å²) in [6, 6.07) is 0.453. The van der Waals surface area contributed by atoms with E-state index in [-0.39, 0.29) is 12.7 Å². The van der Waals surface area contributed by atoms with Gasteiger partial charge in [0.1, 0.15) is 0 Å². The first kappa shape index (κ1) is 16.9. The Kier molecular flexibility index (Phi) is 7.91. The van der Waals surface area contributed by atoms with E-state index in [2.05, 4.69) is 24.1 Å². The summed E-state index contributed by atoms with van der Waals surface area (Å²) in [5, 5.41) is 22.2. The summed E-state index contributed by atoms with van der Waals surface area (Å²) in [6.45, 7) is 10.7. The van der Waals surface area contributed by atoms with Crippen molar-refractivity contribution in [2.45, 2.75) is 52.2 Å². The zero-order valence-electron chi connectivity index (χ0n) is 12.8. The number of piperidine rings is 1. The fraction of sp³-hybridized carbons (Fsp3) is 1.00. The molecule has 0 bridgehead atoms. The van der Waals surface area contributed by atoms with Crippen molar-refractivity contribution < 1.29 is 10.2 Å². The Morgan fingerprint density at radius 3 is 2.63 bits per heavy atom. The molecule has 4 heteroatoms. The molecule has 114 valence electrons. The molecule has 1 fully saturated rings. The molecule has 0 spiro atoms. The van der Waals surface area contributed by atoms with Crippen LogP contribution in [0, 0.1) is 11.8 Å². The molecule has 1 aliphatic heterocycles. The number of aliphatic hydroxyl groups is 2. The molecule has 4 nitrogen and oxygen atoms in total. The molecule has 1 aliphatic rings. The van der Waals surface area contributed by atoms with Crippen LogP contribution in [0.3, 0.4) is 0 Å². The van der Waals surface area contributed by atoms with Gasteiger partial charge >= 0.3 is 0 Å². The largest absolute Gasteiger partial charge is 0.395 e. The number of nitrogens with zero attached hydrogens (tertiary/aromatic N) is 1. The molecule has 3 atom stereocenters. The van der Waals surface area contributed by atoms with Crippen LogP contribution in [-0.2, 0) is 0 Å². The zero-order chi connectivity index (χ0) is 14.3. The molecule has 0 amide bonds. The molecular weight excluding hydrogens is 240 g/mol. The van der Waals surface area contributed by atoms with Crippen LogP contribution < -0.4 is 5.32 Å². The van der Waals surface area contributed by atoms with E-state index in [0.717, 1.165) is 38.9 Å². The molecule has 0 aromatic carbocycles. The van der Waals surface area contributed by atoms with Crippen LogP contribution in [0.1, 0.15) is 40.0 Å². The second kappa shape index (κ2) is 8.90. The van der Waals surface area contributed by atoms with Gasteiger partial charge in [-0.15, -0.1) is 0 Å². The minimum Gasteiger partial charge on any atom is -0.395 e. The first-order valence-corrected chi connectivity index (χ1v) is 7.79. The lowest BCUT2D eigenvalue weighted by molar-refractivity contribution is 0.0774. The van der Waals surface area contributed by atoms with Crippen LogP contribution in [0.4, 0.5) is 0 Å². The van der Waals surface area contributed by atoms with Crippen LogP contribution >= 0.6 is 0 Å². The minimum absolute atomic E-state index is 0.164. The van der Waals surface area contributed by atoms with Gasteiger partial charge in [0.15, 0.2) is 0 Å². The highest BCUT2D eigenvalue weighted by Crippen LogP contribution is 2.23. The smallest absolute Gasteiger partial charge is 0.0556 e. The van der Waals surface area contributed by atoms with Gasteiger partial charge in [-0.25, -0.2) is 0 Å². The molecule has 0 aliphatic carbocycles. The second-order valence-corrected chi connectivity index (χ2v) is 6.39. The maximum atomic E-state index is 9.86. The van der Waals surface area contributed by atoms with Gasteiger partial charge < -0.3 is 20.4 Å². The Labute approximate surface area is 118 Å². The van der Waals surface area contributed by atoms with Gasteiger partial charge in [-0.1, -0.05) is 20.8 Å². The third-order valence-electron chi connectivity index (χ3n) is 3.86. The van der Waals surface area contributed by atoms with Crippen LogP contribution in [-0.4, -0.2) is 60.0 Å². The number of likely N-dealkylation sites (tertiary alicyclic amines) is 1. The summed E-state index contributed by atoms with van der Waals surface area (Å²) < 4.78 is 0. The van der Waals surface area contributed by atoms with Gasteiger partial charge in [-0.05, 0) is 31.1 Å². The average Bonchev–Trinajstić information content (AvgIpc) is 2.35. The summed E-state index contributed by atoms with van der Waals surface area (Å²) in [4.78, 5) is 2.51. The molecule has 0 radical (unpaired) electrons. The summed E-state index contributed by atoms with van der Waals surface area (Å²) >= 11 is 0. The van der Waals surface area contributed by atoms with Crippen molar-refractivity contribution in [1.29, 1.82) is 0 Å². The Balaban J connectivity index is 2.50. The molecule has 1 saturated heterocycles. The predicted molar refractivity (Wildman–Crippen MR) is 79.2 cm³/mol. The maximum absolute atomic E-state index is 9.86. The van der Waals surface area contributed by atoms with E-state index in [0.29, 0.717) is 24.4 Å². The zero-order valence-corrected chi connectivity index (χ0v) is 12.8. The van der Waals surface area contributed by atoms with Crippen molar-refractivity contribution in [3.63, 3.8) is 0 Å². The molecule has 1 heterocycles. The van der Waals surface area contributed by atoms with Gasteiger partial charge in [0.2, 0.25) is 0 Å². The van der Waals surface area contributed by atoms with Crippen molar-refractivity contribution in [3.8, 4) is 0 Å². The van der Waals surface area contributed by atoms with E-state index in [9.17, 15) is 5.11 Å². The van der Waals surface area contributed by atoms with E-state index in [4.69, 9.17) is 5.11 Å². The maximum Gasteiger partial charge on any atom is 0.0556 e. The number of aliphatic hydroxyl groups excluding tert-OH is 2. The number of hydrogen-bond donors (Lipinski definition) is 3. The highest BCUT2D eigenvalue weighted by Gasteiger charge is 2.28. The van der Waals surface area contributed by atoms with Crippen LogP contribution in [0.25, 0.3) is 0 Å². The van der Waals surface area contributed by atoms with Gasteiger partial charge in [0.25, 0.3) is 0 Å². The Bertz CT molecular complexity index is 236. The highest BCUT2D eigenvalue weighted by atomic mass is 16.3. The lowest BCUT2D eigenvalue weighted by atomic mass is 9.88. The summed E-state index contributed by atoms with van der Waals surface area (Å²) in [5.41, 5.74) is 0. The molecule has 0 saturated carbocycles. The highest BCUT2D eigenvalue weighted by molar-refractivity contribution is 4.84. The summed E-state index contributed by atoms with van der Waals surface area (Å²) in [7, 11) is 0. The standard InChI is InChI=1S/C15H32N2O2/c1-4-15(19)8-13-7-14(16-5-6-18)11-17(10-13)9-12(2)3/h12-16,18-19H,4-11H2,1-3H3. The summed E-state index contributed by atoms with van der Waals surface area (Å²) in [6.07, 6.45) is 2.70. The van der Waals surface area contributed by atoms with Crippen molar-refractivity contribution in [1.82, 2.24) is 10.2 Å². The third kappa shape index (κ3) is 6.70. The Morgan fingerprint density at radius 1 is 1.32 bits per heavy atom. The number of rotatable bonds is 8. The lowest BCUT2D eigenvalue weighted by Gasteiger charge is -2.39. The van der Waals surface area contributed by atoms with E-state index in [1.54, 1.807) is 0 Å². The van der Waals surface area contributed by atoms with E-state index in [1.165, 1.54) is 0 Å². The Morgan fingerprint density at radius 2 is 2.05 bits per heavy atom. The van der Waals surface area contributed by atoms with Crippen molar-refractivity contribution in [2.24, 2.45) is 11.8 Å². The minimum atomic E-state index is -0.164. The monoisotopic (exact) mass is 272 g/mol. The SMILES string of the molecule is CCC(O)CC1CC(NCCO)CN(CC(C)C)C1. The molecule has 3 N–H and O–H groups in total. The second-order valence-electron chi connectivity index (χ2n) is 6.39. The normalized spacial score (nSPS) is 26.8. The Hall–Kier alpha value is -0.160. The van der Waals surface area contributed by atoms with E-state index in [1.807, 2.05) is 6.92 Å². The number of nitrogens with one attached hydrogen (secondary N) is 1. The fourth-order valence-electron chi connectivity index (χ4n) is 3.11. The van der Waals surface area contributed by atoms with E-state index < -0.39 is 0 Å². The molecule has 0 aromatic rings. The van der Waals surface area contributed by atoms with Crippen molar-refractivity contribution in [2.75, 3.05) is 32.8 Å². The molecule has 19 heavy (non-hydrogen) atoms. The first-order valence-electron chi connectivity index (χ1n) is 7.79. The van der Waals surface area contributed by atoms with Gasteiger partial charge in [-0.2, -0.15) is 0 Å². The van der Waals surface area contributed by atoms with Gasteiger partial charge in [0, 0.05) is 32.2 Å². The molecule has 3 unspecified atom stereocenters. The molecular formula is C15H32N2O2. The molecule has 1 rings (SSSR count). The van der Waals surface area contributed by atoms with Gasteiger partial charge in [0.05, 0.1) is 12.7 Å². The summed E-state index contributed by atoms with van der Waals surface area (Å²) in [5.74, 6) is 1.24. The van der Waals surface area contributed by atoms with Crippen molar-refractivity contribution in [3.05, 3.63) is 0 Å². The lowest BCUT2D eigenvalue weighted by Crippen LogP contribution is -2.51. The molecule has 0 aromatic heterocycles. The third-order valence-corrected chi connectivity index (χ3v) is 3.86. The topological polar surface area (TPSA) is 55.7 Å². The predicted octanol–water partition coefficient (Wildman–Crippen LogP) is 1.08. The first-order chi connectivity index (χ1) is 9.05. The van der Waals surface area contributed by atoms with Crippen LogP contribution in [0.15, 0.2) is 0 Å². The van der Waals surface area contributed by atoms with Crippen LogP contribution in [0.5, 0.6) is 0 Å². The van der Waals surface area contributed by atoms with Crippen LogP contribution in [0.2, 0.25) is 0 Å². The fourth-order valence-corrected chi connectivity index (χ4v) is 3.11. The number of hydrogen-bond acceptors (Lipinski definition) is 4.